The van der Waals surface area contributed by atoms with E-state index in [0.29, 0.717) is 11.1 Å². The highest BCUT2D eigenvalue weighted by Gasteiger charge is 2.46. The number of carbonyl (C=O) groups is 2. The van der Waals surface area contributed by atoms with E-state index < -0.39 is 76.0 Å². The fourth-order valence-electron chi connectivity index (χ4n) is 5.25. The summed E-state index contributed by atoms with van der Waals surface area (Å²) in [5.41, 5.74) is -1.83. The topological polar surface area (TPSA) is 123 Å². The number of rotatable bonds is 6. The van der Waals surface area contributed by atoms with E-state index >= 15 is 0 Å². The van der Waals surface area contributed by atoms with Gasteiger partial charge in [-0.15, -0.1) is 0 Å². The average Bonchev–Trinajstić information content (AvgIpc) is 3.32. The van der Waals surface area contributed by atoms with E-state index in [4.69, 9.17) is 11.6 Å². The summed E-state index contributed by atoms with van der Waals surface area (Å²) in [6.07, 6.45) is -8.99. The van der Waals surface area contributed by atoms with Crippen LogP contribution in [0.25, 0.3) is 28.0 Å². The van der Waals surface area contributed by atoms with Gasteiger partial charge in [-0.25, -0.2) is 17.9 Å². The predicted octanol–water partition coefficient (Wildman–Crippen LogP) is 5.40. The third kappa shape index (κ3) is 6.67. The van der Waals surface area contributed by atoms with Crippen LogP contribution in [0, 0.1) is 6.92 Å². The fraction of sp³-hybridized carbons (Fsp3) is 0.310. The molecule has 0 unspecified atom stereocenters. The van der Waals surface area contributed by atoms with Crippen LogP contribution in [0.3, 0.4) is 0 Å². The number of sulfone groups is 1. The third-order valence-electron chi connectivity index (χ3n) is 7.61. The number of aryl methyl sites for hydroxylation is 1. The molecule has 5 rings (SSSR count). The van der Waals surface area contributed by atoms with Crippen molar-refractivity contribution in [1.82, 2.24) is 25.2 Å². The van der Waals surface area contributed by atoms with Crippen molar-refractivity contribution in [2.24, 2.45) is 0 Å². The molecule has 0 atom stereocenters. The van der Waals surface area contributed by atoms with Crippen LogP contribution in [0.4, 0.5) is 26.3 Å². The highest BCUT2D eigenvalue weighted by atomic mass is 35.5. The molecule has 1 fully saturated rings. The number of carbonyl (C=O) groups excluding carboxylic acids is 2. The van der Waals surface area contributed by atoms with Crippen LogP contribution in [-0.4, -0.2) is 64.6 Å². The fourth-order valence-corrected chi connectivity index (χ4v) is 7.01. The maximum Gasteiger partial charge on any atom is 0.416 e. The molecule has 1 saturated heterocycles. The Morgan fingerprint density at radius 2 is 1.61 bits per heavy atom. The van der Waals surface area contributed by atoms with Gasteiger partial charge in [0.05, 0.1) is 28.5 Å². The summed E-state index contributed by atoms with van der Waals surface area (Å²) >= 11 is 6.45. The zero-order chi connectivity index (χ0) is 33.7. The first kappa shape index (κ1) is 33.2. The third-order valence-corrected chi connectivity index (χ3v) is 9.59. The van der Waals surface area contributed by atoms with Crippen molar-refractivity contribution in [2.45, 2.75) is 37.7 Å². The van der Waals surface area contributed by atoms with Gasteiger partial charge >= 0.3 is 12.4 Å². The van der Waals surface area contributed by atoms with Gasteiger partial charge < -0.3 is 10.6 Å². The molecule has 0 saturated carbocycles. The first-order valence-corrected chi connectivity index (χ1v) is 15.8. The van der Waals surface area contributed by atoms with E-state index in [1.165, 1.54) is 29.8 Å². The van der Waals surface area contributed by atoms with Crippen molar-refractivity contribution in [3.63, 3.8) is 0 Å². The molecule has 0 radical (unpaired) electrons. The maximum atomic E-state index is 13.8. The summed E-state index contributed by atoms with van der Waals surface area (Å²) < 4.78 is 104. The lowest BCUT2D eigenvalue weighted by Gasteiger charge is -2.36. The largest absolute Gasteiger partial charge is 0.416 e. The summed E-state index contributed by atoms with van der Waals surface area (Å²) in [5, 5.41) is 8.92. The van der Waals surface area contributed by atoms with Gasteiger partial charge in [0.2, 0.25) is 5.91 Å². The highest BCUT2D eigenvalue weighted by Crippen LogP contribution is 2.38. The van der Waals surface area contributed by atoms with Gasteiger partial charge in [-0.3, -0.25) is 9.59 Å². The van der Waals surface area contributed by atoms with E-state index in [1.54, 1.807) is 29.6 Å². The van der Waals surface area contributed by atoms with Gasteiger partial charge in [0.25, 0.3) is 5.91 Å². The molecular weight excluding hydrogens is 664 g/mol. The lowest BCUT2D eigenvalue weighted by molar-refractivity contribution is -0.142. The summed E-state index contributed by atoms with van der Waals surface area (Å²) in [6, 6.07) is 10.8. The molecule has 0 spiro atoms. The Hall–Kier alpha value is -4.18. The molecule has 46 heavy (non-hydrogen) atoms. The lowest BCUT2D eigenvalue weighted by Crippen LogP contribution is -2.62. The monoisotopic (exact) mass is 687 g/mol. The van der Waals surface area contributed by atoms with Gasteiger partial charge in [0, 0.05) is 27.9 Å². The Morgan fingerprint density at radius 1 is 0.978 bits per heavy atom. The molecule has 17 heteroatoms. The highest BCUT2D eigenvalue weighted by molar-refractivity contribution is 7.91. The molecule has 1 aliphatic rings. The summed E-state index contributed by atoms with van der Waals surface area (Å²) in [7, 11) is -3.61. The van der Waals surface area contributed by atoms with Crippen LogP contribution in [0.1, 0.15) is 34.5 Å². The average molecular weight is 688 g/mol. The van der Waals surface area contributed by atoms with E-state index in [0.717, 1.165) is 12.1 Å². The maximum absolute atomic E-state index is 13.8. The first-order chi connectivity index (χ1) is 21.4. The number of amides is 2. The zero-order valence-electron chi connectivity index (χ0n) is 23.8. The summed E-state index contributed by atoms with van der Waals surface area (Å²) in [6.45, 7) is -0.272. The smallest absolute Gasteiger partial charge is 0.345 e. The van der Waals surface area contributed by atoms with Crippen molar-refractivity contribution in [1.29, 1.82) is 0 Å². The van der Waals surface area contributed by atoms with Gasteiger partial charge in [-0.2, -0.15) is 31.4 Å². The minimum absolute atomic E-state index is 0.0590. The van der Waals surface area contributed by atoms with Crippen molar-refractivity contribution in [2.75, 3.05) is 18.1 Å². The molecule has 1 aliphatic heterocycles. The second kappa shape index (κ2) is 11.9. The van der Waals surface area contributed by atoms with Crippen LogP contribution in [0.2, 0.25) is 5.02 Å². The number of hydrogen-bond donors (Lipinski definition) is 2. The Kier molecular flexibility index (Phi) is 8.57. The first-order valence-electron chi connectivity index (χ1n) is 13.6. The second-order valence-corrected chi connectivity index (χ2v) is 13.5. The van der Waals surface area contributed by atoms with Gasteiger partial charge in [-0.1, -0.05) is 41.9 Å². The van der Waals surface area contributed by atoms with Crippen molar-refractivity contribution in [3.05, 3.63) is 76.6 Å². The minimum atomic E-state index is -4.77. The molecule has 3 heterocycles. The van der Waals surface area contributed by atoms with Crippen molar-refractivity contribution >= 4 is 38.9 Å². The van der Waals surface area contributed by atoms with Crippen LogP contribution >= 0.6 is 11.6 Å². The molecule has 2 aromatic heterocycles. The molecule has 2 N–H and O–H groups in total. The number of aromatic nitrogens is 3. The standard InChI is InChI=1S/C29H24ClF6N5O4S/c1-16-22(25(42)39-27(10-12-46(44,45)13-11-27)26(43)38-15-28(31,32)33)24-37-14-20(19-4-2-3-5-21(19)30)23(41(24)40-16)17-6-8-18(9-7-17)29(34,35)36/h2-9,14H,10-13,15H2,1H3,(H,38,43)(H,39,42). The Labute approximate surface area is 262 Å². The van der Waals surface area contributed by atoms with Crippen LogP contribution < -0.4 is 10.6 Å². The molecule has 0 aliphatic carbocycles. The van der Waals surface area contributed by atoms with E-state index in [-0.39, 0.29) is 33.2 Å². The molecule has 2 amide bonds. The van der Waals surface area contributed by atoms with E-state index in [9.17, 15) is 44.3 Å². The van der Waals surface area contributed by atoms with Gasteiger partial charge in [0.15, 0.2) is 15.5 Å². The second-order valence-electron chi connectivity index (χ2n) is 10.8. The van der Waals surface area contributed by atoms with Crippen molar-refractivity contribution < 1.29 is 44.3 Å². The van der Waals surface area contributed by atoms with E-state index in [1.807, 2.05) is 0 Å². The Balaban J connectivity index is 1.63. The summed E-state index contributed by atoms with van der Waals surface area (Å²) in [5.74, 6) is -3.29. The predicted molar refractivity (Wildman–Crippen MR) is 156 cm³/mol. The minimum Gasteiger partial charge on any atom is -0.345 e. The normalized spacial score (nSPS) is 16.3. The number of halogens is 7. The molecule has 4 aromatic rings. The number of fused-ring (bicyclic) bond motifs is 1. The molecule has 0 bridgehead atoms. The molecular formula is C29H24ClF6N5O4S. The number of nitrogens with one attached hydrogen (secondary N) is 2. The number of nitrogens with zero attached hydrogens (tertiary/aromatic N) is 3. The molecule has 2 aromatic carbocycles. The number of alkyl halides is 6. The SMILES string of the molecule is Cc1nn2c(-c3ccc(C(F)(F)F)cc3)c(-c3ccccc3Cl)cnc2c1C(=O)NC1(C(=O)NCC(F)(F)F)CCS(=O)(=O)CC1. The van der Waals surface area contributed by atoms with Crippen LogP contribution in [0.15, 0.2) is 54.7 Å². The van der Waals surface area contributed by atoms with Gasteiger partial charge in [-0.05, 0) is 38.0 Å². The number of hydrogen-bond acceptors (Lipinski definition) is 6. The lowest BCUT2D eigenvalue weighted by atomic mass is 9.90. The van der Waals surface area contributed by atoms with E-state index in [2.05, 4.69) is 15.4 Å². The van der Waals surface area contributed by atoms with Crippen LogP contribution in [-0.2, 0) is 20.8 Å². The quantitative estimate of drug-likeness (QED) is 0.262. The Bertz CT molecular complexity index is 1930. The summed E-state index contributed by atoms with van der Waals surface area (Å²) in [4.78, 5) is 31.2. The Morgan fingerprint density at radius 3 is 2.20 bits per heavy atom. The molecule has 9 nitrogen and oxygen atoms in total. The number of benzene rings is 2. The zero-order valence-corrected chi connectivity index (χ0v) is 25.3. The van der Waals surface area contributed by atoms with Crippen LogP contribution in [0.5, 0.6) is 0 Å². The van der Waals surface area contributed by atoms with Crippen molar-refractivity contribution in [3.8, 4) is 22.4 Å². The molecule has 244 valence electrons. The van der Waals surface area contributed by atoms with Gasteiger partial charge in [0.1, 0.15) is 17.6 Å².